The zero-order chi connectivity index (χ0) is 25.3. The SMILES string of the molecule is Cc1cccn2cc(-c3ccc(NC(=O)c4ccc(S(C)(=O)=O)cc4Oc4ccncc4)cc3)nc12. The number of fused-ring (bicyclic) bond motifs is 1. The van der Waals surface area contributed by atoms with E-state index in [1.165, 1.54) is 18.2 Å². The first-order valence-electron chi connectivity index (χ1n) is 11.1. The summed E-state index contributed by atoms with van der Waals surface area (Å²) in [6.07, 6.45) is 8.10. The number of sulfone groups is 1. The average Bonchev–Trinajstić information content (AvgIpc) is 3.30. The van der Waals surface area contributed by atoms with Gasteiger partial charge in [0, 0.05) is 48.4 Å². The Morgan fingerprint density at radius 1 is 1.00 bits per heavy atom. The second-order valence-electron chi connectivity index (χ2n) is 8.29. The van der Waals surface area contributed by atoms with E-state index < -0.39 is 15.7 Å². The molecule has 3 heterocycles. The smallest absolute Gasteiger partial charge is 0.259 e. The average molecular weight is 499 g/mol. The van der Waals surface area contributed by atoms with Crippen LogP contribution >= 0.6 is 0 Å². The minimum atomic E-state index is -3.49. The summed E-state index contributed by atoms with van der Waals surface area (Å²) in [4.78, 5) is 21.8. The van der Waals surface area contributed by atoms with Crippen molar-refractivity contribution in [2.45, 2.75) is 11.8 Å². The molecule has 0 aliphatic carbocycles. The van der Waals surface area contributed by atoms with Crippen LogP contribution in [-0.2, 0) is 9.84 Å². The number of carbonyl (C=O) groups is 1. The molecule has 36 heavy (non-hydrogen) atoms. The van der Waals surface area contributed by atoms with Gasteiger partial charge in [0.2, 0.25) is 0 Å². The molecule has 0 aliphatic heterocycles. The number of anilines is 1. The highest BCUT2D eigenvalue weighted by atomic mass is 32.2. The minimum absolute atomic E-state index is 0.0511. The van der Waals surface area contributed by atoms with Crippen molar-refractivity contribution in [1.29, 1.82) is 0 Å². The third kappa shape index (κ3) is 4.82. The summed E-state index contributed by atoms with van der Waals surface area (Å²) < 4.78 is 31.9. The summed E-state index contributed by atoms with van der Waals surface area (Å²) in [6.45, 7) is 2.01. The number of hydrogen-bond acceptors (Lipinski definition) is 6. The van der Waals surface area contributed by atoms with Gasteiger partial charge in [-0.2, -0.15) is 0 Å². The Hall–Kier alpha value is -4.50. The molecule has 5 aromatic rings. The highest BCUT2D eigenvalue weighted by Crippen LogP contribution is 2.29. The quantitative estimate of drug-likeness (QED) is 0.347. The molecule has 0 aliphatic rings. The molecular weight excluding hydrogens is 476 g/mol. The van der Waals surface area contributed by atoms with E-state index >= 15 is 0 Å². The maximum atomic E-state index is 13.1. The number of ether oxygens (including phenoxy) is 1. The van der Waals surface area contributed by atoms with E-state index in [2.05, 4.69) is 10.3 Å². The van der Waals surface area contributed by atoms with Crippen LogP contribution in [0.2, 0.25) is 0 Å². The van der Waals surface area contributed by atoms with Crippen LogP contribution < -0.4 is 10.1 Å². The molecule has 5 rings (SSSR count). The molecule has 8 nitrogen and oxygen atoms in total. The molecule has 9 heteroatoms. The van der Waals surface area contributed by atoms with Gasteiger partial charge < -0.3 is 14.5 Å². The molecule has 2 aromatic carbocycles. The van der Waals surface area contributed by atoms with E-state index in [0.717, 1.165) is 28.7 Å². The lowest BCUT2D eigenvalue weighted by Gasteiger charge is -2.13. The van der Waals surface area contributed by atoms with Gasteiger partial charge in [-0.3, -0.25) is 9.78 Å². The Morgan fingerprint density at radius 3 is 2.44 bits per heavy atom. The number of pyridine rings is 2. The summed E-state index contributed by atoms with van der Waals surface area (Å²) in [5.41, 5.74) is 4.48. The zero-order valence-corrected chi connectivity index (χ0v) is 20.4. The first-order valence-corrected chi connectivity index (χ1v) is 13.0. The van der Waals surface area contributed by atoms with Crippen molar-refractivity contribution in [3.63, 3.8) is 0 Å². The van der Waals surface area contributed by atoms with Gasteiger partial charge in [0.05, 0.1) is 16.2 Å². The number of benzene rings is 2. The molecule has 3 aromatic heterocycles. The van der Waals surface area contributed by atoms with Crippen molar-refractivity contribution in [2.75, 3.05) is 11.6 Å². The Labute approximate surface area is 208 Å². The zero-order valence-electron chi connectivity index (χ0n) is 19.5. The molecule has 0 saturated carbocycles. The third-order valence-electron chi connectivity index (χ3n) is 5.62. The lowest BCUT2D eigenvalue weighted by molar-refractivity contribution is 0.102. The molecule has 180 valence electrons. The van der Waals surface area contributed by atoms with Crippen LogP contribution in [-0.4, -0.2) is 34.9 Å². The number of aromatic nitrogens is 3. The van der Waals surface area contributed by atoms with E-state index in [-0.39, 0.29) is 16.2 Å². The van der Waals surface area contributed by atoms with Crippen molar-refractivity contribution in [3.8, 4) is 22.8 Å². The number of rotatable bonds is 6. The molecule has 0 fully saturated rings. The fourth-order valence-corrected chi connectivity index (χ4v) is 4.39. The van der Waals surface area contributed by atoms with E-state index in [9.17, 15) is 13.2 Å². The van der Waals surface area contributed by atoms with Gasteiger partial charge in [0.1, 0.15) is 17.1 Å². The molecular formula is C27H22N4O4S. The van der Waals surface area contributed by atoms with Crippen LogP contribution in [0.4, 0.5) is 5.69 Å². The van der Waals surface area contributed by atoms with Gasteiger partial charge in [0.25, 0.3) is 5.91 Å². The topological polar surface area (TPSA) is 103 Å². The summed E-state index contributed by atoms with van der Waals surface area (Å²) in [5.74, 6) is 0.116. The van der Waals surface area contributed by atoms with Crippen molar-refractivity contribution < 1.29 is 17.9 Å². The Kier molecular flexibility index (Phi) is 5.99. The number of imidazole rings is 1. The second kappa shape index (κ2) is 9.27. The van der Waals surface area contributed by atoms with E-state index in [1.54, 1.807) is 36.7 Å². The minimum Gasteiger partial charge on any atom is -0.456 e. The Morgan fingerprint density at radius 2 is 1.75 bits per heavy atom. The molecule has 0 bridgehead atoms. The predicted molar refractivity (Wildman–Crippen MR) is 137 cm³/mol. The van der Waals surface area contributed by atoms with Gasteiger partial charge in [-0.05, 0) is 55.0 Å². The maximum absolute atomic E-state index is 13.1. The molecule has 0 atom stereocenters. The van der Waals surface area contributed by atoms with Crippen molar-refractivity contribution in [3.05, 3.63) is 103 Å². The van der Waals surface area contributed by atoms with Crippen molar-refractivity contribution in [2.24, 2.45) is 0 Å². The van der Waals surface area contributed by atoms with Gasteiger partial charge >= 0.3 is 0 Å². The standard InChI is InChI=1S/C27H22N4O4S/c1-18-4-3-15-31-17-24(30-26(18)31)19-5-7-20(8-6-19)29-27(32)23-10-9-22(36(2,33)34)16-25(23)35-21-11-13-28-14-12-21/h3-17H,1-2H3,(H,29,32). The molecule has 0 saturated heterocycles. The van der Waals surface area contributed by atoms with E-state index in [0.29, 0.717) is 11.4 Å². The third-order valence-corrected chi connectivity index (χ3v) is 6.73. The number of nitrogens with one attached hydrogen (secondary N) is 1. The van der Waals surface area contributed by atoms with Gasteiger partial charge in [-0.15, -0.1) is 0 Å². The lowest BCUT2D eigenvalue weighted by atomic mass is 10.1. The fourth-order valence-electron chi connectivity index (χ4n) is 3.75. The maximum Gasteiger partial charge on any atom is 0.259 e. The normalized spacial score (nSPS) is 11.4. The summed E-state index contributed by atoms with van der Waals surface area (Å²) in [7, 11) is -3.49. The first kappa shape index (κ1) is 23.3. The van der Waals surface area contributed by atoms with Crippen LogP contribution in [0.15, 0.2) is 96.4 Å². The molecule has 0 radical (unpaired) electrons. The number of hydrogen-bond donors (Lipinski definition) is 1. The molecule has 0 spiro atoms. The Balaban J connectivity index is 1.41. The summed E-state index contributed by atoms with van der Waals surface area (Å²) >= 11 is 0. The number of carbonyl (C=O) groups excluding carboxylic acids is 1. The first-order chi connectivity index (χ1) is 17.3. The summed E-state index contributed by atoms with van der Waals surface area (Å²) in [6, 6.07) is 18.7. The van der Waals surface area contributed by atoms with Crippen molar-refractivity contribution >= 4 is 27.1 Å². The monoisotopic (exact) mass is 498 g/mol. The van der Waals surface area contributed by atoms with Crippen molar-refractivity contribution in [1.82, 2.24) is 14.4 Å². The van der Waals surface area contributed by atoms with Crippen LogP contribution in [0.25, 0.3) is 16.9 Å². The molecule has 0 unspecified atom stereocenters. The van der Waals surface area contributed by atoms with Crippen LogP contribution in [0, 0.1) is 6.92 Å². The number of aryl methyl sites for hydroxylation is 1. The molecule has 1 amide bonds. The Bertz CT molecular complexity index is 1680. The van der Waals surface area contributed by atoms with Gasteiger partial charge in [-0.25, -0.2) is 13.4 Å². The molecule has 1 N–H and O–H groups in total. The predicted octanol–water partition coefficient (Wildman–Crippen LogP) is 5.15. The summed E-state index contributed by atoms with van der Waals surface area (Å²) in [5, 5.41) is 2.85. The number of nitrogens with zero attached hydrogens (tertiary/aromatic N) is 3. The highest BCUT2D eigenvalue weighted by Gasteiger charge is 2.18. The van der Waals surface area contributed by atoms with Gasteiger partial charge in [0.15, 0.2) is 9.84 Å². The second-order valence-corrected chi connectivity index (χ2v) is 10.3. The van der Waals surface area contributed by atoms with Crippen LogP contribution in [0.1, 0.15) is 15.9 Å². The lowest BCUT2D eigenvalue weighted by Crippen LogP contribution is -2.13. The highest BCUT2D eigenvalue weighted by molar-refractivity contribution is 7.90. The van der Waals surface area contributed by atoms with Crippen LogP contribution in [0.5, 0.6) is 11.5 Å². The van der Waals surface area contributed by atoms with E-state index in [1.807, 2.05) is 48.0 Å². The van der Waals surface area contributed by atoms with E-state index in [4.69, 9.17) is 9.72 Å². The largest absolute Gasteiger partial charge is 0.456 e. The fraction of sp³-hybridized carbons (Fsp3) is 0.0741. The van der Waals surface area contributed by atoms with Crippen LogP contribution in [0.3, 0.4) is 0 Å². The van der Waals surface area contributed by atoms with Gasteiger partial charge in [-0.1, -0.05) is 18.2 Å². The number of amides is 1.